The largest absolute Gasteiger partial charge is 0.323 e. The molecule has 1 unspecified atom stereocenters. The van der Waals surface area contributed by atoms with Gasteiger partial charge in [-0.05, 0) is 45.3 Å². The number of para-hydroxylation sites is 1. The molecule has 0 saturated heterocycles. The topological polar surface area (TPSA) is 19.4 Å². The number of fused-ring (bicyclic) bond motifs is 2. The zero-order chi connectivity index (χ0) is 15.0. The fourth-order valence-corrected chi connectivity index (χ4v) is 3.49. The van der Waals surface area contributed by atoms with Crippen LogP contribution in [0.5, 0.6) is 0 Å². The van der Waals surface area contributed by atoms with Crippen molar-refractivity contribution in [2.75, 3.05) is 25.5 Å². The van der Waals surface area contributed by atoms with Crippen LogP contribution in [-0.2, 0) is 0 Å². The molecule has 0 bridgehead atoms. The van der Waals surface area contributed by atoms with Crippen molar-refractivity contribution in [2.45, 2.75) is 22.8 Å². The first-order valence-corrected chi connectivity index (χ1v) is 8.13. The fourth-order valence-electron chi connectivity index (χ4n) is 2.30. The van der Waals surface area contributed by atoms with E-state index in [2.05, 4.69) is 66.1 Å². The van der Waals surface area contributed by atoms with E-state index in [1.54, 1.807) is 11.8 Å². The Morgan fingerprint density at radius 2 is 1.95 bits per heavy atom. The SMILES string of the molecule is CC(CN1c2ccccc2Sc2ccc(Cl)nc21)N(C)C. The summed E-state index contributed by atoms with van der Waals surface area (Å²) in [6.45, 7) is 3.10. The smallest absolute Gasteiger partial charge is 0.148 e. The number of pyridine rings is 1. The van der Waals surface area contributed by atoms with Gasteiger partial charge in [-0.2, -0.15) is 0 Å². The Morgan fingerprint density at radius 3 is 2.71 bits per heavy atom. The summed E-state index contributed by atoms with van der Waals surface area (Å²) in [5.41, 5.74) is 1.21. The Labute approximate surface area is 134 Å². The van der Waals surface area contributed by atoms with Gasteiger partial charge in [0.2, 0.25) is 0 Å². The zero-order valence-electron chi connectivity index (χ0n) is 12.4. The van der Waals surface area contributed by atoms with E-state index in [9.17, 15) is 0 Å². The molecule has 0 saturated carbocycles. The van der Waals surface area contributed by atoms with Crippen LogP contribution in [0.25, 0.3) is 0 Å². The highest BCUT2D eigenvalue weighted by atomic mass is 35.5. The van der Waals surface area contributed by atoms with Gasteiger partial charge in [0, 0.05) is 17.5 Å². The third-order valence-electron chi connectivity index (χ3n) is 3.77. The van der Waals surface area contributed by atoms with Gasteiger partial charge in [0.25, 0.3) is 0 Å². The molecule has 1 aromatic carbocycles. The summed E-state index contributed by atoms with van der Waals surface area (Å²) in [5.74, 6) is 0.958. The van der Waals surface area contributed by atoms with Gasteiger partial charge >= 0.3 is 0 Å². The number of hydrogen-bond donors (Lipinski definition) is 0. The van der Waals surface area contributed by atoms with Crippen LogP contribution in [0.15, 0.2) is 46.2 Å². The van der Waals surface area contributed by atoms with Crippen molar-refractivity contribution < 1.29 is 0 Å². The number of rotatable bonds is 3. The van der Waals surface area contributed by atoms with Crippen molar-refractivity contribution in [2.24, 2.45) is 0 Å². The number of benzene rings is 1. The number of likely N-dealkylation sites (N-methyl/N-ethyl adjacent to an activating group) is 1. The van der Waals surface area contributed by atoms with Crippen LogP contribution in [0.3, 0.4) is 0 Å². The summed E-state index contributed by atoms with van der Waals surface area (Å²) >= 11 is 7.86. The van der Waals surface area contributed by atoms with Crippen LogP contribution >= 0.6 is 23.4 Å². The highest BCUT2D eigenvalue weighted by Crippen LogP contribution is 2.47. The molecule has 21 heavy (non-hydrogen) atoms. The van der Waals surface area contributed by atoms with Gasteiger partial charge in [-0.15, -0.1) is 0 Å². The van der Waals surface area contributed by atoms with Crippen LogP contribution in [0, 0.1) is 0 Å². The minimum absolute atomic E-state index is 0.412. The molecular formula is C16H18ClN3S. The second-order valence-corrected chi connectivity index (χ2v) is 6.92. The lowest BCUT2D eigenvalue weighted by Crippen LogP contribution is -2.37. The average Bonchev–Trinajstić information content (AvgIpc) is 2.47. The number of halogens is 1. The van der Waals surface area contributed by atoms with Crippen molar-refractivity contribution in [3.05, 3.63) is 41.6 Å². The van der Waals surface area contributed by atoms with Crippen LogP contribution < -0.4 is 4.90 Å². The Bertz CT molecular complexity index is 660. The minimum atomic E-state index is 0.412. The molecule has 0 radical (unpaired) electrons. The van der Waals surface area contributed by atoms with Gasteiger partial charge in [0.15, 0.2) is 0 Å². The van der Waals surface area contributed by atoms with Crippen molar-refractivity contribution in [3.8, 4) is 0 Å². The predicted molar refractivity (Wildman–Crippen MR) is 90.0 cm³/mol. The van der Waals surface area contributed by atoms with Gasteiger partial charge < -0.3 is 9.80 Å². The zero-order valence-corrected chi connectivity index (χ0v) is 13.9. The van der Waals surface area contributed by atoms with E-state index in [1.807, 2.05) is 6.07 Å². The first-order chi connectivity index (χ1) is 10.1. The number of hydrogen-bond acceptors (Lipinski definition) is 4. The van der Waals surface area contributed by atoms with Crippen molar-refractivity contribution in [1.82, 2.24) is 9.88 Å². The first kappa shape index (κ1) is 14.7. The summed E-state index contributed by atoms with van der Waals surface area (Å²) < 4.78 is 0. The molecule has 2 aromatic rings. The Morgan fingerprint density at radius 1 is 1.19 bits per heavy atom. The predicted octanol–water partition coefficient (Wildman–Crippen LogP) is 4.29. The van der Waals surface area contributed by atoms with E-state index >= 15 is 0 Å². The number of nitrogens with zero attached hydrogens (tertiary/aromatic N) is 3. The van der Waals surface area contributed by atoms with Crippen LogP contribution in [-0.4, -0.2) is 36.6 Å². The minimum Gasteiger partial charge on any atom is -0.323 e. The number of aromatic nitrogens is 1. The maximum atomic E-state index is 6.11. The van der Waals surface area contributed by atoms with E-state index in [0.29, 0.717) is 11.2 Å². The molecule has 1 aliphatic heterocycles. The number of anilines is 2. The molecule has 0 spiro atoms. The molecule has 0 aliphatic carbocycles. The summed E-state index contributed by atoms with van der Waals surface area (Å²) in [4.78, 5) is 11.5. The van der Waals surface area contributed by atoms with E-state index in [4.69, 9.17) is 11.6 Å². The lowest BCUT2D eigenvalue weighted by molar-refractivity contribution is 0.319. The van der Waals surface area contributed by atoms with Gasteiger partial charge in [-0.3, -0.25) is 0 Å². The summed E-state index contributed by atoms with van der Waals surface area (Å²) in [5, 5.41) is 0.538. The second kappa shape index (κ2) is 5.87. The van der Waals surface area contributed by atoms with Crippen LogP contribution in [0.1, 0.15) is 6.92 Å². The molecule has 1 aliphatic rings. The summed E-state index contributed by atoms with van der Waals surface area (Å²) in [6, 6.07) is 12.8. The molecule has 0 fully saturated rings. The highest BCUT2D eigenvalue weighted by molar-refractivity contribution is 7.99. The van der Waals surface area contributed by atoms with Gasteiger partial charge in [-0.1, -0.05) is 35.5 Å². The van der Waals surface area contributed by atoms with E-state index < -0.39 is 0 Å². The second-order valence-electron chi connectivity index (χ2n) is 5.45. The normalized spacial score (nSPS) is 14.8. The molecule has 3 rings (SSSR count). The van der Waals surface area contributed by atoms with Gasteiger partial charge in [0.05, 0.1) is 10.6 Å². The molecule has 0 amide bonds. The van der Waals surface area contributed by atoms with Crippen molar-refractivity contribution in [3.63, 3.8) is 0 Å². The van der Waals surface area contributed by atoms with E-state index in [-0.39, 0.29) is 0 Å². The standard InChI is InChI=1S/C16H18ClN3S/c1-11(19(2)3)10-20-12-6-4-5-7-13(12)21-14-8-9-15(17)18-16(14)20/h4-9,11H,10H2,1-3H3. The van der Waals surface area contributed by atoms with E-state index in [1.165, 1.54) is 10.6 Å². The lowest BCUT2D eigenvalue weighted by Gasteiger charge is -2.35. The molecule has 1 aromatic heterocycles. The quantitative estimate of drug-likeness (QED) is 0.786. The monoisotopic (exact) mass is 319 g/mol. The Hall–Kier alpha value is -1.23. The van der Waals surface area contributed by atoms with Crippen LogP contribution in [0.4, 0.5) is 11.5 Å². The fraction of sp³-hybridized carbons (Fsp3) is 0.312. The van der Waals surface area contributed by atoms with Crippen molar-refractivity contribution >= 4 is 34.9 Å². The van der Waals surface area contributed by atoms with Gasteiger partial charge in [0.1, 0.15) is 11.0 Å². The highest BCUT2D eigenvalue weighted by Gasteiger charge is 2.26. The molecule has 110 valence electrons. The molecule has 3 nitrogen and oxygen atoms in total. The molecule has 2 heterocycles. The van der Waals surface area contributed by atoms with E-state index in [0.717, 1.165) is 17.3 Å². The average molecular weight is 320 g/mol. The molecule has 1 atom stereocenters. The molecular weight excluding hydrogens is 302 g/mol. The van der Waals surface area contributed by atoms with Crippen molar-refractivity contribution in [1.29, 1.82) is 0 Å². The first-order valence-electron chi connectivity index (χ1n) is 6.93. The Kier molecular flexibility index (Phi) is 4.11. The summed E-state index contributed by atoms with van der Waals surface area (Å²) in [6.07, 6.45) is 0. The third-order valence-corrected chi connectivity index (χ3v) is 5.08. The maximum Gasteiger partial charge on any atom is 0.148 e. The lowest BCUT2D eigenvalue weighted by atomic mass is 10.2. The molecule has 5 heteroatoms. The third kappa shape index (κ3) is 2.89. The Balaban J connectivity index is 2.06. The summed E-state index contributed by atoms with van der Waals surface area (Å²) in [7, 11) is 4.20. The molecule has 0 N–H and O–H groups in total. The van der Waals surface area contributed by atoms with Gasteiger partial charge in [-0.25, -0.2) is 4.98 Å². The van der Waals surface area contributed by atoms with Crippen LogP contribution in [0.2, 0.25) is 5.15 Å². The maximum absolute atomic E-state index is 6.11.